The molecule has 0 atom stereocenters. The number of aryl methyl sites for hydroxylation is 1. The molecule has 0 spiro atoms. The Bertz CT molecular complexity index is 1180. The summed E-state index contributed by atoms with van der Waals surface area (Å²) >= 11 is 0. The molecule has 0 aliphatic carbocycles. The average molecular weight is 434 g/mol. The summed E-state index contributed by atoms with van der Waals surface area (Å²) in [5.41, 5.74) is 0.788. The van der Waals surface area contributed by atoms with Crippen molar-refractivity contribution in [2.24, 2.45) is 4.40 Å². The van der Waals surface area contributed by atoms with E-state index in [4.69, 9.17) is 4.74 Å². The van der Waals surface area contributed by atoms with E-state index in [9.17, 15) is 21.6 Å². The second-order valence-electron chi connectivity index (χ2n) is 6.92. The van der Waals surface area contributed by atoms with Crippen molar-refractivity contribution >= 4 is 21.4 Å². The zero-order chi connectivity index (χ0) is 21.5. The highest BCUT2D eigenvalue weighted by molar-refractivity contribution is 7.90. The number of fused-ring (bicyclic) bond motifs is 1. The normalized spacial score (nSPS) is 17.8. The van der Waals surface area contributed by atoms with Gasteiger partial charge >= 0.3 is 6.18 Å². The first kappa shape index (κ1) is 20.2. The minimum atomic E-state index is -4.41. The fourth-order valence-electron chi connectivity index (χ4n) is 3.30. The number of alkyl halides is 3. The molecule has 0 amide bonds. The van der Waals surface area contributed by atoms with Gasteiger partial charge in [0.2, 0.25) is 0 Å². The summed E-state index contributed by atoms with van der Waals surface area (Å²) in [5.74, 6) is 1.07. The maximum Gasteiger partial charge on any atom is 0.416 e. The lowest BCUT2D eigenvalue weighted by molar-refractivity contribution is -0.138. The molecule has 30 heavy (non-hydrogen) atoms. The highest BCUT2D eigenvalue weighted by atomic mass is 32.2. The largest absolute Gasteiger partial charge is 0.457 e. The van der Waals surface area contributed by atoms with E-state index in [0.717, 1.165) is 11.6 Å². The first-order chi connectivity index (χ1) is 14.1. The molecule has 0 radical (unpaired) electrons. The van der Waals surface area contributed by atoms with Crippen LogP contribution in [0.3, 0.4) is 0 Å². The molecular formula is C21H17F3N2O3S. The Morgan fingerprint density at radius 1 is 1.07 bits per heavy atom. The third-order valence-corrected chi connectivity index (χ3v) is 5.91. The first-order valence-electron chi connectivity index (χ1n) is 9.07. The maximum atomic E-state index is 12.9. The molecule has 0 saturated heterocycles. The molecule has 0 aromatic heterocycles. The van der Waals surface area contributed by atoms with Gasteiger partial charge in [-0.3, -0.25) is 0 Å². The van der Waals surface area contributed by atoms with Gasteiger partial charge in [-0.2, -0.15) is 13.2 Å². The lowest BCUT2D eigenvalue weighted by atomic mass is 10.0. The van der Waals surface area contributed by atoms with Gasteiger partial charge in [0.1, 0.15) is 11.5 Å². The number of nitrogens with zero attached hydrogens (tertiary/aromatic N) is 2. The van der Waals surface area contributed by atoms with Gasteiger partial charge in [0.05, 0.1) is 11.3 Å². The van der Waals surface area contributed by atoms with Gasteiger partial charge in [-0.05, 0) is 60.5 Å². The minimum absolute atomic E-state index is 0.0343. The van der Waals surface area contributed by atoms with Crippen LogP contribution < -0.4 is 4.74 Å². The van der Waals surface area contributed by atoms with E-state index in [1.165, 1.54) is 19.1 Å². The van der Waals surface area contributed by atoms with Crippen LogP contribution in [-0.4, -0.2) is 31.5 Å². The first-order valence-corrected chi connectivity index (χ1v) is 10.7. The van der Waals surface area contributed by atoms with Crippen LogP contribution >= 0.6 is 0 Å². The predicted octanol–water partition coefficient (Wildman–Crippen LogP) is 4.76. The van der Waals surface area contributed by atoms with Gasteiger partial charge < -0.3 is 9.64 Å². The molecule has 0 unspecified atom stereocenters. The van der Waals surface area contributed by atoms with Gasteiger partial charge in [0.15, 0.2) is 5.84 Å². The minimum Gasteiger partial charge on any atom is -0.457 e. The van der Waals surface area contributed by atoms with E-state index in [-0.39, 0.29) is 11.3 Å². The molecule has 9 heteroatoms. The summed E-state index contributed by atoms with van der Waals surface area (Å²) in [4.78, 5) is 1.78. The van der Waals surface area contributed by atoms with Gasteiger partial charge in [-0.25, -0.2) is 8.42 Å². The van der Waals surface area contributed by atoms with Crippen LogP contribution in [0.1, 0.15) is 16.7 Å². The van der Waals surface area contributed by atoms with Crippen LogP contribution in [0.2, 0.25) is 0 Å². The van der Waals surface area contributed by atoms with Gasteiger partial charge in [0, 0.05) is 18.3 Å². The summed E-state index contributed by atoms with van der Waals surface area (Å²) in [6.07, 6.45) is 0.976. The molecule has 4 rings (SSSR count). The van der Waals surface area contributed by atoms with Crippen molar-refractivity contribution in [2.45, 2.75) is 13.1 Å². The molecule has 2 aromatic carbocycles. The Morgan fingerprint density at radius 2 is 1.77 bits per heavy atom. The quantitative estimate of drug-likeness (QED) is 0.699. The Hall–Kier alpha value is -3.07. The van der Waals surface area contributed by atoms with E-state index >= 15 is 0 Å². The number of allylic oxidation sites excluding steroid dienone is 2. The average Bonchev–Trinajstić information content (AvgIpc) is 2.67. The van der Waals surface area contributed by atoms with Crippen molar-refractivity contribution in [2.75, 3.05) is 12.3 Å². The second kappa shape index (κ2) is 7.32. The van der Waals surface area contributed by atoms with Crippen molar-refractivity contribution in [1.29, 1.82) is 0 Å². The van der Waals surface area contributed by atoms with E-state index in [2.05, 4.69) is 4.40 Å². The summed E-state index contributed by atoms with van der Waals surface area (Å²) in [5, 5.41) is 0. The topological polar surface area (TPSA) is 59.0 Å². The molecular weight excluding hydrogens is 417 g/mol. The van der Waals surface area contributed by atoms with Gasteiger partial charge in [-0.1, -0.05) is 12.1 Å². The SMILES string of the molecule is Cc1cc(Oc2ccc(C3=CC=CN4CCS(=O)(=O)N=C34)cc2)ccc1C(F)(F)F. The third kappa shape index (κ3) is 4.11. The fourth-order valence-corrected chi connectivity index (χ4v) is 4.28. The number of hydrogen-bond acceptors (Lipinski definition) is 4. The van der Waals surface area contributed by atoms with Crippen LogP contribution in [0, 0.1) is 6.92 Å². The number of ether oxygens (including phenoxy) is 1. The molecule has 5 nitrogen and oxygen atoms in total. The predicted molar refractivity (Wildman–Crippen MR) is 108 cm³/mol. The molecule has 0 bridgehead atoms. The van der Waals surface area contributed by atoms with Crippen LogP contribution in [0.5, 0.6) is 11.5 Å². The highest BCUT2D eigenvalue weighted by Crippen LogP contribution is 2.35. The summed E-state index contributed by atoms with van der Waals surface area (Å²) in [6, 6.07) is 10.4. The van der Waals surface area contributed by atoms with E-state index < -0.39 is 21.8 Å². The van der Waals surface area contributed by atoms with Crippen molar-refractivity contribution in [3.05, 3.63) is 77.5 Å². The lowest BCUT2D eigenvalue weighted by Gasteiger charge is -2.29. The van der Waals surface area contributed by atoms with Crippen molar-refractivity contribution in [3.8, 4) is 11.5 Å². The van der Waals surface area contributed by atoms with Gasteiger partial charge in [-0.15, -0.1) is 4.40 Å². The molecule has 0 saturated carbocycles. The number of sulfonamides is 1. The molecule has 2 heterocycles. The molecule has 156 valence electrons. The zero-order valence-electron chi connectivity index (χ0n) is 15.8. The summed E-state index contributed by atoms with van der Waals surface area (Å²) < 4.78 is 72.0. The molecule has 2 aromatic rings. The van der Waals surface area contributed by atoms with Crippen molar-refractivity contribution in [3.63, 3.8) is 0 Å². The Morgan fingerprint density at radius 3 is 2.43 bits per heavy atom. The number of rotatable bonds is 3. The Labute approximate surface area is 171 Å². The lowest BCUT2D eigenvalue weighted by Crippen LogP contribution is -2.37. The highest BCUT2D eigenvalue weighted by Gasteiger charge is 2.32. The summed E-state index contributed by atoms with van der Waals surface area (Å²) in [7, 11) is -3.49. The number of hydrogen-bond donors (Lipinski definition) is 0. The molecule has 0 fully saturated rings. The van der Waals surface area contributed by atoms with Crippen LogP contribution in [0.4, 0.5) is 13.2 Å². The van der Waals surface area contributed by atoms with E-state index in [0.29, 0.717) is 29.5 Å². The third-order valence-electron chi connectivity index (χ3n) is 4.76. The van der Waals surface area contributed by atoms with E-state index in [1.54, 1.807) is 41.4 Å². The van der Waals surface area contributed by atoms with Crippen LogP contribution in [0.25, 0.3) is 5.57 Å². The molecule has 2 aliphatic rings. The fraction of sp³-hybridized carbons (Fsp3) is 0.190. The van der Waals surface area contributed by atoms with E-state index in [1.807, 2.05) is 6.08 Å². The summed E-state index contributed by atoms with van der Waals surface area (Å²) in [6.45, 7) is 1.72. The van der Waals surface area contributed by atoms with Gasteiger partial charge in [0.25, 0.3) is 10.0 Å². The van der Waals surface area contributed by atoms with Crippen LogP contribution in [-0.2, 0) is 16.2 Å². The van der Waals surface area contributed by atoms with Crippen LogP contribution in [0.15, 0.2) is 65.2 Å². The second-order valence-corrected chi connectivity index (χ2v) is 8.67. The monoisotopic (exact) mass is 434 g/mol. The zero-order valence-corrected chi connectivity index (χ0v) is 16.7. The molecule has 2 aliphatic heterocycles. The number of benzene rings is 2. The number of amidine groups is 1. The number of halogens is 3. The standard InChI is InChI=1S/C21H17F3N2O3S/c1-14-13-17(8-9-19(14)21(22,23)24)29-16-6-4-15(5-7-16)18-3-2-10-26-11-12-30(27,28)25-20(18)26/h2-10,13H,11-12H2,1H3. The Kier molecular flexibility index (Phi) is 4.93. The molecule has 0 N–H and O–H groups in total. The maximum absolute atomic E-state index is 12.9. The van der Waals surface area contributed by atoms with Crippen molar-refractivity contribution < 1.29 is 26.3 Å². The smallest absolute Gasteiger partial charge is 0.416 e. The Balaban J connectivity index is 1.57. The van der Waals surface area contributed by atoms with Crippen molar-refractivity contribution in [1.82, 2.24) is 4.90 Å².